The lowest BCUT2D eigenvalue weighted by Crippen LogP contribution is -2.23. The van der Waals surface area contributed by atoms with Crippen molar-refractivity contribution in [2.45, 2.75) is 91.6 Å². The third-order valence-corrected chi connectivity index (χ3v) is 4.63. The van der Waals surface area contributed by atoms with Crippen molar-refractivity contribution in [2.24, 2.45) is 5.41 Å². The summed E-state index contributed by atoms with van der Waals surface area (Å²) in [6, 6.07) is 6.12. The van der Waals surface area contributed by atoms with Gasteiger partial charge in [-0.05, 0) is 81.4 Å². The van der Waals surface area contributed by atoms with Gasteiger partial charge in [0.1, 0.15) is 11.4 Å². The highest BCUT2D eigenvalue weighted by molar-refractivity contribution is 5.38. The van der Waals surface area contributed by atoms with Crippen molar-refractivity contribution in [1.82, 2.24) is 0 Å². The van der Waals surface area contributed by atoms with Crippen LogP contribution in [0.1, 0.15) is 84.3 Å². The number of benzene rings is 1. The number of unbranched alkanes of at least 4 members (excludes halogenated alkanes) is 2. The van der Waals surface area contributed by atoms with Crippen LogP contribution in [0.2, 0.25) is 0 Å². The molecular formula is C22H36O3. The van der Waals surface area contributed by atoms with E-state index in [1.807, 2.05) is 19.9 Å². The Kier molecular flexibility index (Phi) is 8.47. The van der Waals surface area contributed by atoms with E-state index in [2.05, 4.69) is 32.9 Å². The number of carbonyl (C=O) groups is 1. The van der Waals surface area contributed by atoms with Crippen molar-refractivity contribution in [3.05, 3.63) is 29.3 Å². The minimum atomic E-state index is -0.402. The summed E-state index contributed by atoms with van der Waals surface area (Å²) in [5, 5.41) is 10.2. The molecule has 1 N–H and O–H groups in total. The Balaban J connectivity index is 2.36. The number of aryl methyl sites for hydroxylation is 2. The zero-order valence-corrected chi connectivity index (χ0v) is 16.7. The van der Waals surface area contributed by atoms with Crippen LogP contribution in [-0.4, -0.2) is 17.2 Å². The Bertz CT molecular complexity index is 527. The van der Waals surface area contributed by atoms with Gasteiger partial charge in [0.05, 0.1) is 0 Å². The number of ether oxygens (including phenoxy) is 1. The van der Waals surface area contributed by atoms with Gasteiger partial charge in [-0.25, -0.2) is 0 Å². The average Bonchev–Trinajstić information content (AvgIpc) is 2.48. The van der Waals surface area contributed by atoms with Crippen molar-refractivity contribution in [1.29, 1.82) is 0 Å². The molecule has 0 amide bonds. The van der Waals surface area contributed by atoms with Gasteiger partial charge < -0.3 is 9.84 Å². The van der Waals surface area contributed by atoms with Gasteiger partial charge in [-0.1, -0.05) is 39.3 Å². The standard InChI is InChI=1S/C22H36O3/c1-21(2,3)14-8-6-10-18-12-13-19(20(24)16-18)11-7-9-15-22(4,5)25-17-23/h12-13,16-17,24H,6-11,14-15H2,1-5H3. The van der Waals surface area contributed by atoms with Crippen molar-refractivity contribution in [3.8, 4) is 5.75 Å². The first-order valence-electron chi connectivity index (χ1n) is 9.55. The van der Waals surface area contributed by atoms with E-state index in [4.69, 9.17) is 4.74 Å². The molecule has 0 aliphatic rings. The predicted molar refractivity (Wildman–Crippen MR) is 104 cm³/mol. The lowest BCUT2D eigenvalue weighted by atomic mass is 9.89. The minimum absolute atomic E-state index is 0.400. The number of carbonyl (C=O) groups excluding carboxylic acids is 1. The normalized spacial score (nSPS) is 12.2. The molecule has 3 heteroatoms. The number of hydrogen-bond acceptors (Lipinski definition) is 3. The molecule has 0 atom stereocenters. The van der Waals surface area contributed by atoms with Crippen LogP contribution in [0.5, 0.6) is 5.75 Å². The Hall–Kier alpha value is -1.51. The molecule has 0 spiro atoms. The molecule has 0 saturated carbocycles. The van der Waals surface area contributed by atoms with Gasteiger partial charge in [0.15, 0.2) is 0 Å². The fraction of sp³-hybridized carbons (Fsp3) is 0.682. The molecule has 0 aliphatic heterocycles. The molecule has 142 valence electrons. The first kappa shape index (κ1) is 21.5. The zero-order valence-electron chi connectivity index (χ0n) is 16.7. The van der Waals surface area contributed by atoms with Crippen molar-refractivity contribution in [2.75, 3.05) is 0 Å². The van der Waals surface area contributed by atoms with Gasteiger partial charge in [-0.15, -0.1) is 0 Å². The Labute approximate surface area is 153 Å². The van der Waals surface area contributed by atoms with Crippen LogP contribution in [0, 0.1) is 5.41 Å². The minimum Gasteiger partial charge on any atom is -0.508 e. The summed E-state index contributed by atoms with van der Waals surface area (Å²) in [4.78, 5) is 10.4. The van der Waals surface area contributed by atoms with Gasteiger partial charge >= 0.3 is 0 Å². The summed E-state index contributed by atoms with van der Waals surface area (Å²) < 4.78 is 5.06. The number of hydrogen-bond donors (Lipinski definition) is 1. The maximum Gasteiger partial charge on any atom is 0.293 e. The summed E-state index contributed by atoms with van der Waals surface area (Å²) in [6.07, 6.45) is 8.29. The largest absolute Gasteiger partial charge is 0.508 e. The second-order valence-electron chi connectivity index (χ2n) is 8.91. The fourth-order valence-electron chi connectivity index (χ4n) is 3.02. The Morgan fingerprint density at radius 3 is 2.20 bits per heavy atom. The van der Waals surface area contributed by atoms with Gasteiger partial charge in [0, 0.05) is 0 Å². The molecule has 1 rings (SSSR count). The number of phenolic OH excluding ortho intramolecular Hbond substituents is 1. The SMILES string of the molecule is CC(C)(C)CCCCc1ccc(CCCCC(C)(C)OC=O)c(O)c1. The van der Waals surface area contributed by atoms with E-state index in [-0.39, 0.29) is 0 Å². The third kappa shape index (κ3) is 9.52. The van der Waals surface area contributed by atoms with E-state index in [1.165, 1.54) is 24.8 Å². The highest BCUT2D eigenvalue weighted by Crippen LogP contribution is 2.25. The second-order valence-corrected chi connectivity index (χ2v) is 8.91. The maximum absolute atomic E-state index is 10.4. The highest BCUT2D eigenvalue weighted by Gasteiger charge is 2.17. The van der Waals surface area contributed by atoms with Gasteiger partial charge in [-0.2, -0.15) is 0 Å². The molecule has 0 saturated heterocycles. The van der Waals surface area contributed by atoms with Crippen molar-refractivity contribution in [3.63, 3.8) is 0 Å². The molecule has 3 nitrogen and oxygen atoms in total. The van der Waals surface area contributed by atoms with E-state index in [1.54, 1.807) is 0 Å². The molecular weight excluding hydrogens is 312 g/mol. The molecule has 0 aliphatic carbocycles. The van der Waals surface area contributed by atoms with Gasteiger partial charge in [0.2, 0.25) is 0 Å². The fourth-order valence-corrected chi connectivity index (χ4v) is 3.02. The highest BCUT2D eigenvalue weighted by atomic mass is 16.5. The molecule has 1 aromatic rings. The molecule has 25 heavy (non-hydrogen) atoms. The number of aromatic hydroxyl groups is 1. The van der Waals surface area contributed by atoms with E-state index < -0.39 is 5.60 Å². The summed E-state index contributed by atoms with van der Waals surface area (Å²) in [7, 11) is 0. The number of phenols is 1. The quantitative estimate of drug-likeness (QED) is 0.405. The molecule has 0 unspecified atom stereocenters. The average molecular weight is 349 g/mol. The lowest BCUT2D eigenvalue weighted by Gasteiger charge is -2.22. The summed E-state index contributed by atoms with van der Waals surface area (Å²) in [5.41, 5.74) is 2.22. The van der Waals surface area contributed by atoms with Crippen LogP contribution >= 0.6 is 0 Å². The smallest absolute Gasteiger partial charge is 0.293 e. The van der Waals surface area contributed by atoms with Crippen LogP contribution < -0.4 is 0 Å². The first-order valence-corrected chi connectivity index (χ1v) is 9.55. The molecule has 0 radical (unpaired) electrons. The summed E-state index contributed by atoms with van der Waals surface area (Å²) in [6.45, 7) is 11.2. The molecule has 1 aromatic carbocycles. The van der Waals surface area contributed by atoms with E-state index in [0.29, 0.717) is 17.6 Å². The predicted octanol–water partition coefficient (Wildman–Crippen LogP) is 5.82. The molecule has 0 heterocycles. The summed E-state index contributed by atoms with van der Waals surface area (Å²) >= 11 is 0. The topological polar surface area (TPSA) is 46.5 Å². The van der Waals surface area contributed by atoms with E-state index in [0.717, 1.165) is 37.7 Å². The lowest BCUT2D eigenvalue weighted by molar-refractivity contribution is -0.140. The third-order valence-electron chi connectivity index (χ3n) is 4.63. The Morgan fingerprint density at radius 1 is 0.960 bits per heavy atom. The number of rotatable bonds is 11. The summed E-state index contributed by atoms with van der Waals surface area (Å²) in [5.74, 6) is 0.414. The van der Waals surface area contributed by atoms with Crippen LogP contribution in [0.15, 0.2) is 18.2 Å². The van der Waals surface area contributed by atoms with Gasteiger partial charge in [0.25, 0.3) is 6.47 Å². The van der Waals surface area contributed by atoms with Crippen LogP contribution in [0.25, 0.3) is 0 Å². The van der Waals surface area contributed by atoms with E-state index >= 15 is 0 Å². The molecule has 0 bridgehead atoms. The zero-order chi connectivity index (χ0) is 18.9. The van der Waals surface area contributed by atoms with Crippen LogP contribution in [0.4, 0.5) is 0 Å². The van der Waals surface area contributed by atoms with Crippen LogP contribution in [0.3, 0.4) is 0 Å². The second kappa shape index (κ2) is 9.84. The van der Waals surface area contributed by atoms with Crippen molar-refractivity contribution < 1.29 is 14.6 Å². The first-order chi connectivity index (χ1) is 11.6. The van der Waals surface area contributed by atoms with Gasteiger partial charge in [-0.3, -0.25) is 4.79 Å². The monoisotopic (exact) mass is 348 g/mol. The molecule has 0 fully saturated rings. The van der Waals surface area contributed by atoms with E-state index in [9.17, 15) is 9.90 Å². The van der Waals surface area contributed by atoms with Crippen molar-refractivity contribution >= 4 is 6.47 Å². The Morgan fingerprint density at radius 2 is 1.60 bits per heavy atom. The van der Waals surface area contributed by atoms with Crippen LogP contribution in [-0.2, 0) is 22.4 Å². The molecule has 0 aromatic heterocycles. The maximum atomic E-state index is 10.4.